The fraction of sp³-hybridized carbons (Fsp3) is 0.304. The van der Waals surface area contributed by atoms with E-state index in [4.69, 9.17) is 9.72 Å². The molecule has 8 heteroatoms. The molecule has 0 unspecified atom stereocenters. The van der Waals surface area contributed by atoms with Crippen LogP contribution in [0.3, 0.4) is 0 Å². The fourth-order valence-corrected chi connectivity index (χ4v) is 3.69. The Kier molecular flexibility index (Phi) is 5.97. The van der Waals surface area contributed by atoms with Gasteiger partial charge in [0.15, 0.2) is 5.82 Å². The van der Waals surface area contributed by atoms with Gasteiger partial charge in [-0.3, -0.25) is 10.1 Å². The van der Waals surface area contributed by atoms with E-state index in [9.17, 15) is 10.1 Å². The number of benzene rings is 2. The summed E-state index contributed by atoms with van der Waals surface area (Å²) in [6, 6.07) is 16.5. The van der Waals surface area contributed by atoms with Gasteiger partial charge in [-0.05, 0) is 30.7 Å². The molecule has 3 aromatic rings. The standard InChI is InChI=1S/C23H25N5O3/c1-3-18-15-22(25-23(24-18)17-7-9-19(10-8-17)28(29)30)27-13-11-26(12-14-27)20-5-4-6-21(16-20)31-2/h4-10,15-16H,3,11-14H2,1-2H3. The van der Waals surface area contributed by atoms with Crippen molar-refractivity contribution >= 4 is 17.2 Å². The second-order valence-corrected chi connectivity index (χ2v) is 7.37. The number of ether oxygens (including phenoxy) is 1. The Labute approximate surface area is 181 Å². The molecule has 0 radical (unpaired) electrons. The van der Waals surface area contributed by atoms with Gasteiger partial charge in [0.1, 0.15) is 11.6 Å². The predicted octanol–water partition coefficient (Wildman–Crippen LogP) is 3.95. The van der Waals surface area contributed by atoms with Crippen LogP contribution in [0.25, 0.3) is 11.4 Å². The van der Waals surface area contributed by atoms with Crippen molar-refractivity contribution in [1.82, 2.24) is 9.97 Å². The minimum Gasteiger partial charge on any atom is -0.497 e. The van der Waals surface area contributed by atoms with Gasteiger partial charge in [-0.25, -0.2) is 9.97 Å². The molecule has 1 aliphatic heterocycles. The van der Waals surface area contributed by atoms with E-state index in [0.717, 1.165) is 61.1 Å². The van der Waals surface area contributed by atoms with Crippen LogP contribution in [-0.2, 0) is 6.42 Å². The minimum atomic E-state index is -0.402. The summed E-state index contributed by atoms with van der Waals surface area (Å²) >= 11 is 0. The maximum atomic E-state index is 10.9. The van der Waals surface area contributed by atoms with E-state index in [1.165, 1.54) is 12.1 Å². The number of rotatable bonds is 6. The number of non-ortho nitro benzene ring substituents is 1. The lowest BCUT2D eigenvalue weighted by molar-refractivity contribution is -0.384. The molecule has 31 heavy (non-hydrogen) atoms. The number of methoxy groups -OCH3 is 1. The van der Waals surface area contributed by atoms with Crippen molar-refractivity contribution < 1.29 is 9.66 Å². The molecular weight excluding hydrogens is 394 g/mol. The molecule has 0 atom stereocenters. The maximum absolute atomic E-state index is 10.9. The van der Waals surface area contributed by atoms with Gasteiger partial charge in [-0.15, -0.1) is 0 Å². The molecule has 1 aliphatic rings. The van der Waals surface area contributed by atoms with Gasteiger partial charge in [0.2, 0.25) is 0 Å². The van der Waals surface area contributed by atoms with Crippen molar-refractivity contribution in [3.05, 3.63) is 70.4 Å². The lowest BCUT2D eigenvalue weighted by Crippen LogP contribution is -2.47. The number of nitro benzene ring substituents is 1. The zero-order chi connectivity index (χ0) is 21.8. The van der Waals surface area contributed by atoms with Crippen LogP contribution in [0.2, 0.25) is 0 Å². The van der Waals surface area contributed by atoms with Gasteiger partial charge in [0, 0.05) is 67.4 Å². The summed E-state index contributed by atoms with van der Waals surface area (Å²) in [4.78, 5) is 24.6. The second-order valence-electron chi connectivity index (χ2n) is 7.37. The third-order valence-electron chi connectivity index (χ3n) is 5.49. The first kappa shape index (κ1) is 20.6. The van der Waals surface area contributed by atoms with E-state index in [1.54, 1.807) is 19.2 Å². The third kappa shape index (κ3) is 4.58. The van der Waals surface area contributed by atoms with E-state index < -0.39 is 4.92 Å². The molecule has 1 saturated heterocycles. The van der Waals surface area contributed by atoms with Crippen molar-refractivity contribution in [2.75, 3.05) is 43.1 Å². The monoisotopic (exact) mass is 419 g/mol. The minimum absolute atomic E-state index is 0.0595. The molecular formula is C23H25N5O3. The molecule has 0 aliphatic carbocycles. The van der Waals surface area contributed by atoms with Crippen molar-refractivity contribution in [2.24, 2.45) is 0 Å². The number of aryl methyl sites for hydroxylation is 1. The number of anilines is 2. The number of nitro groups is 1. The molecule has 4 rings (SSSR count). The third-order valence-corrected chi connectivity index (χ3v) is 5.49. The SMILES string of the molecule is CCc1cc(N2CCN(c3cccc(OC)c3)CC2)nc(-c2ccc([N+](=O)[O-])cc2)n1. The van der Waals surface area contributed by atoms with Crippen LogP contribution < -0.4 is 14.5 Å². The molecule has 2 aromatic carbocycles. The van der Waals surface area contributed by atoms with Gasteiger partial charge in [-0.2, -0.15) is 0 Å². The molecule has 0 bridgehead atoms. The van der Waals surface area contributed by atoms with Crippen LogP contribution >= 0.6 is 0 Å². The second kappa shape index (κ2) is 8.99. The van der Waals surface area contributed by atoms with Crippen LogP contribution in [0.4, 0.5) is 17.2 Å². The van der Waals surface area contributed by atoms with Gasteiger partial charge >= 0.3 is 0 Å². The zero-order valence-corrected chi connectivity index (χ0v) is 17.7. The normalized spacial score (nSPS) is 13.9. The highest BCUT2D eigenvalue weighted by molar-refractivity contribution is 5.60. The number of hydrogen-bond acceptors (Lipinski definition) is 7. The average molecular weight is 419 g/mol. The summed E-state index contributed by atoms with van der Waals surface area (Å²) in [5, 5.41) is 10.9. The number of piperazine rings is 1. The van der Waals surface area contributed by atoms with Crippen LogP contribution in [0, 0.1) is 10.1 Å². The van der Waals surface area contributed by atoms with Crippen molar-refractivity contribution in [3.8, 4) is 17.1 Å². The highest BCUT2D eigenvalue weighted by atomic mass is 16.6. The number of hydrogen-bond donors (Lipinski definition) is 0. The summed E-state index contributed by atoms with van der Waals surface area (Å²) in [7, 11) is 1.68. The summed E-state index contributed by atoms with van der Waals surface area (Å²) in [5.41, 5.74) is 2.94. The molecule has 0 spiro atoms. The summed E-state index contributed by atoms with van der Waals surface area (Å²) in [6.07, 6.45) is 0.791. The van der Waals surface area contributed by atoms with E-state index in [-0.39, 0.29) is 5.69 Å². The van der Waals surface area contributed by atoms with Crippen molar-refractivity contribution in [3.63, 3.8) is 0 Å². The molecule has 0 N–H and O–H groups in total. The van der Waals surface area contributed by atoms with Gasteiger partial charge in [0.25, 0.3) is 5.69 Å². The number of nitrogens with zero attached hydrogens (tertiary/aromatic N) is 5. The molecule has 0 amide bonds. The van der Waals surface area contributed by atoms with Crippen LogP contribution in [-0.4, -0.2) is 48.2 Å². The Morgan fingerprint density at radius 3 is 2.35 bits per heavy atom. The van der Waals surface area contributed by atoms with Gasteiger partial charge < -0.3 is 14.5 Å². The first-order valence-corrected chi connectivity index (χ1v) is 10.3. The van der Waals surface area contributed by atoms with Gasteiger partial charge in [0.05, 0.1) is 12.0 Å². The zero-order valence-electron chi connectivity index (χ0n) is 17.7. The highest BCUT2D eigenvalue weighted by Crippen LogP contribution is 2.26. The lowest BCUT2D eigenvalue weighted by Gasteiger charge is -2.37. The smallest absolute Gasteiger partial charge is 0.269 e. The molecule has 2 heterocycles. The topological polar surface area (TPSA) is 84.6 Å². The first-order chi connectivity index (χ1) is 15.1. The Bertz CT molecular complexity index is 1060. The maximum Gasteiger partial charge on any atom is 0.269 e. The molecule has 1 fully saturated rings. The predicted molar refractivity (Wildman–Crippen MR) is 121 cm³/mol. The van der Waals surface area contributed by atoms with E-state index in [2.05, 4.69) is 33.8 Å². The van der Waals surface area contributed by atoms with Crippen molar-refractivity contribution in [2.45, 2.75) is 13.3 Å². The lowest BCUT2D eigenvalue weighted by atomic mass is 10.2. The summed E-state index contributed by atoms with van der Waals surface area (Å²) in [6.45, 7) is 5.51. The van der Waals surface area contributed by atoms with E-state index in [1.807, 2.05) is 18.2 Å². The Morgan fingerprint density at radius 2 is 1.71 bits per heavy atom. The summed E-state index contributed by atoms with van der Waals surface area (Å²) < 4.78 is 5.35. The number of aromatic nitrogens is 2. The average Bonchev–Trinajstić information content (AvgIpc) is 2.84. The largest absolute Gasteiger partial charge is 0.497 e. The van der Waals surface area contributed by atoms with Crippen LogP contribution in [0.1, 0.15) is 12.6 Å². The highest BCUT2D eigenvalue weighted by Gasteiger charge is 2.20. The van der Waals surface area contributed by atoms with Crippen LogP contribution in [0.5, 0.6) is 5.75 Å². The Morgan fingerprint density at radius 1 is 1.00 bits per heavy atom. The van der Waals surface area contributed by atoms with E-state index >= 15 is 0 Å². The quantitative estimate of drug-likeness (QED) is 0.442. The summed E-state index contributed by atoms with van der Waals surface area (Å²) in [5.74, 6) is 2.35. The first-order valence-electron chi connectivity index (χ1n) is 10.3. The van der Waals surface area contributed by atoms with Crippen molar-refractivity contribution in [1.29, 1.82) is 0 Å². The van der Waals surface area contributed by atoms with E-state index in [0.29, 0.717) is 5.82 Å². The Hall–Kier alpha value is -3.68. The molecule has 1 aromatic heterocycles. The fourth-order valence-electron chi connectivity index (χ4n) is 3.69. The molecule has 160 valence electrons. The van der Waals surface area contributed by atoms with Gasteiger partial charge in [-0.1, -0.05) is 13.0 Å². The molecule has 0 saturated carbocycles. The van der Waals surface area contributed by atoms with Crippen LogP contribution in [0.15, 0.2) is 54.6 Å². The Balaban J connectivity index is 1.53. The molecule has 8 nitrogen and oxygen atoms in total.